The van der Waals surface area contributed by atoms with Gasteiger partial charge in [-0.2, -0.15) is 4.68 Å². The Balaban J connectivity index is 2.50. The molecule has 0 bridgehead atoms. The van der Waals surface area contributed by atoms with Gasteiger partial charge in [-0.1, -0.05) is 17.7 Å². The molecule has 0 aliphatic carbocycles. The van der Waals surface area contributed by atoms with Crippen LogP contribution in [0, 0.1) is 10.1 Å². The van der Waals surface area contributed by atoms with Crippen molar-refractivity contribution in [1.29, 1.82) is 0 Å². The van der Waals surface area contributed by atoms with Crippen molar-refractivity contribution in [3.05, 3.63) is 62.4 Å². The van der Waals surface area contributed by atoms with Crippen LogP contribution in [0.2, 0.25) is 5.02 Å². The Morgan fingerprint density at radius 2 is 2.32 bits per heavy atom. The highest BCUT2D eigenvalue weighted by Crippen LogP contribution is 2.24. The van der Waals surface area contributed by atoms with E-state index >= 15 is 0 Å². The molecule has 0 saturated heterocycles. The zero-order chi connectivity index (χ0) is 14.0. The molecule has 0 saturated carbocycles. The monoisotopic (exact) mass is 281 g/mol. The molecule has 0 N–H and O–H groups in total. The van der Waals surface area contributed by atoms with Gasteiger partial charge in [0.1, 0.15) is 0 Å². The maximum Gasteiger partial charge on any atom is 0.442 e. The summed E-state index contributed by atoms with van der Waals surface area (Å²) in [5, 5.41) is 14.5. The summed E-state index contributed by atoms with van der Waals surface area (Å²) >= 11 is 5.90. The van der Waals surface area contributed by atoms with Crippen molar-refractivity contribution in [2.24, 2.45) is 0 Å². The van der Waals surface area contributed by atoms with Gasteiger partial charge in [-0.05, 0) is 6.07 Å². The lowest BCUT2D eigenvalue weighted by Crippen LogP contribution is -2.13. The Morgan fingerprint density at radius 1 is 1.58 bits per heavy atom. The second-order valence-electron chi connectivity index (χ2n) is 3.56. The predicted octanol–water partition coefficient (Wildman–Crippen LogP) is 2.12. The highest BCUT2D eigenvalue weighted by atomic mass is 35.5. The van der Waals surface area contributed by atoms with Crippen molar-refractivity contribution in [3.8, 4) is 5.69 Å². The van der Waals surface area contributed by atoms with Crippen LogP contribution in [0.3, 0.4) is 0 Å². The molecule has 0 aliphatic heterocycles. The molecular formula is C11H8ClN3O4. The van der Waals surface area contributed by atoms with Crippen LogP contribution in [-0.4, -0.2) is 14.7 Å². The summed E-state index contributed by atoms with van der Waals surface area (Å²) in [4.78, 5) is 21.6. The Labute approximate surface area is 111 Å². The second kappa shape index (κ2) is 5.07. The van der Waals surface area contributed by atoms with Crippen LogP contribution in [0.4, 0.5) is 5.69 Å². The van der Waals surface area contributed by atoms with Crippen LogP contribution in [0.5, 0.6) is 0 Å². The Kier molecular flexibility index (Phi) is 3.48. The van der Waals surface area contributed by atoms with Gasteiger partial charge in [0, 0.05) is 18.6 Å². The molecule has 0 aliphatic rings. The summed E-state index contributed by atoms with van der Waals surface area (Å²) in [6.45, 7) is 3.50. The van der Waals surface area contributed by atoms with Crippen molar-refractivity contribution in [3.63, 3.8) is 0 Å². The number of nitrogens with zero attached hydrogens (tertiary/aromatic N) is 3. The maximum absolute atomic E-state index is 11.6. The quantitative estimate of drug-likeness (QED) is 0.486. The van der Waals surface area contributed by atoms with Gasteiger partial charge in [0.25, 0.3) is 5.69 Å². The summed E-state index contributed by atoms with van der Waals surface area (Å²) in [5.41, 5.74) is 0.0490. The summed E-state index contributed by atoms with van der Waals surface area (Å²) < 4.78 is 5.82. The first-order valence-electron chi connectivity index (χ1n) is 5.17. The molecule has 0 unspecified atom stereocenters. The summed E-state index contributed by atoms with van der Waals surface area (Å²) in [7, 11) is 0. The zero-order valence-electron chi connectivity index (χ0n) is 9.58. The molecule has 7 nitrogen and oxygen atoms in total. The fraction of sp³-hybridized carbons (Fsp3) is 0.0909. The lowest BCUT2D eigenvalue weighted by molar-refractivity contribution is -0.384. The van der Waals surface area contributed by atoms with Gasteiger partial charge in [0.15, 0.2) is 0 Å². The number of rotatable bonds is 4. The second-order valence-corrected chi connectivity index (χ2v) is 3.97. The number of aromatic nitrogens is 2. The van der Waals surface area contributed by atoms with E-state index in [4.69, 9.17) is 16.0 Å². The molecule has 1 aromatic heterocycles. The Morgan fingerprint density at radius 3 is 2.89 bits per heavy atom. The summed E-state index contributed by atoms with van der Waals surface area (Å²) in [6.07, 6.45) is 1.83. The number of hydrogen-bond donors (Lipinski definition) is 0. The van der Waals surface area contributed by atoms with Gasteiger partial charge in [0.2, 0.25) is 5.89 Å². The third kappa shape index (κ3) is 2.55. The smallest absolute Gasteiger partial charge is 0.392 e. The molecular weight excluding hydrogens is 274 g/mol. The fourth-order valence-electron chi connectivity index (χ4n) is 1.46. The van der Waals surface area contributed by atoms with E-state index in [1.54, 1.807) is 0 Å². The lowest BCUT2D eigenvalue weighted by atomic mass is 10.3. The molecule has 0 radical (unpaired) electrons. The third-order valence-electron chi connectivity index (χ3n) is 2.28. The van der Waals surface area contributed by atoms with Crippen LogP contribution >= 0.6 is 11.6 Å². The topological polar surface area (TPSA) is 91.2 Å². The molecule has 1 aromatic carbocycles. The molecule has 8 heteroatoms. The van der Waals surface area contributed by atoms with E-state index < -0.39 is 10.7 Å². The number of halogens is 1. The van der Waals surface area contributed by atoms with Gasteiger partial charge >= 0.3 is 5.76 Å². The average molecular weight is 282 g/mol. The average Bonchev–Trinajstić information content (AvgIpc) is 2.70. The van der Waals surface area contributed by atoms with Crippen LogP contribution in [0.25, 0.3) is 5.69 Å². The predicted molar refractivity (Wildman–Crippen MR) is 67.7 cm³/mol. The van der Waals surface area contributed by atoms with Gasteiger partial charge in [-0.25, -0.2) is 4.79 Å². The van der Waals surface area contributed by atoms with E-state index in [-0.39, 0.29) is 22.3 Å². The molecule has 0 spiro atoms. The number of hydrogen-bond acceptors (Lipinski definition) is 5. The minimum absolute atomic E-state index is 0.0368. The van der Waals surface area contributed by atoms with E-state index in [2.05, 4.69) is 11.7 Å². The molecule has 19 heavy (non-hydrogen) atoms. The summed E-state index contributed by atoms with van der Waals surface area (Å²) in [5.74, 6) is -0.526. The molecule has 1 heterocycles. The first-order chi connectivity index (χ1) is 9.02. The van der Waals surface area contributed by atoms with Gasteiger partial charge in [-0.3, -0.25) is 10.1 Å². The largest absolute Gasteiger partial charge is 0.442 e. The molecule has 0 fully saturated rings. The normalized spacial score (nSPS) is 10.4. The van der Waals surface area contributed by atoms with E-state index in [9.17, 15) is 14.9 Å². The first kappa shape index (κ1) is 13.0. The van der Waals surface area contributed by atoms with Crippen LogP contribution < -0.4 is 5.76 Å². The first-order valence-corrected chi connectivity index (χ1v) is 5.55. The van der Waals surface area contributed by atoms with Crippen molar-refractivity contribution < 1.29 is 9.34 Å². The van der Waals surface area contributed by atoms with E-state index in [0.717, 1.165) is 10.7 Å². The van der Waals surface area contributed by atoms with E-state index in [1.165, 1.54) is 18.2 Å². The third-order valence-corrected chi connectivity index (χ3v) is 2.58. The van der Waals surface area contributed by atoms with Gasteiger partial charge in [-0.15, -0.1) is 11.7 Å². The zero-order valence-corrected chi connectivity index (χ0v) is 10.3. The number of non-ortho nitro benzene ring substituents is 1. The molecule has 98 valence electrons. The standard InChI is InChI=1S/C11H8ClN3O4/c1-2-3-10-13-14(11(16)19-10)9-5-4-7(15(17)18)6-8(9)12/h2,4-6H,1,3H2. The van der Waals surface area contributed by atoms with Crippen molar-refractivity contribution in [1.82, 2.24) is 9.78 Å². The fourth-order valence-corrected chi connectivity index (χ4v) is 1.71. The van der Waals surface area contributed by atoms with E-state index in [1.807, 2.05) is 0 Å². The SMILES string of the molecule is C=CCc1nn(-c2ccc([N+](=O)[O-])cc2Cl)c(=O)o1. The summed E-state index contributed by atoms with van der Waals surface area (Å²) in [6, 6.07) is 3.71. The Bertz CT molecular complexity index is 704. The van der Waals surface area contributed by atoms with Crippen LogP contribution in [0.15, 0.2) is 40.1 Å². The van der Waals surface area contributed by atoms with E-state index in [0.29, 0.717) is 6.42 Å². The molecule has 0 atom stereocenters. The highest BCUT2D eigenvalue weighted by molar-refractivity contribution is 6.32. The van der Waals surface area contributed by atoms with Crippen molar-refractivity contribution in [2.45, 2.75) is 6.42 Å². The Hall–Kier alpha value is -2.41. The molecule has 0 amide bonds. The minimum atomic E-state index is -0.715. The van der Waals surface area contributed by atoms with Gasteiger partial charge < -0.3 is 4.42 Å². The number of nitro groups is 1. The lowest BCUT2D eigenvalue weighted by Gasteiger charge is -2.01. The number of benzene rings is 1. The molecule has 2 aromatic rings. The maximum atomic E-state index is 11.6. The van der Waals surface area contributed by atoms with Crippen molar-refractivity contribution >= 4 is 17.3 Å². The van der Waals surface area contributed by atoms with Crippen LogP contribution in [0.1, 0.15) is 5.89 Å². The number of allylic oxidation sites excluding steroid dienone is 1. The molecule has 2 rings (SSSR count). The highest BCUT2D eigenvalue weighted by Gasteiger charge is 2.15. The minimum Gasteiger partial charge on any atom is -0.392 e. The van der Waals surface area contributed by atoms with Gasteiger partial charge in [0.05, 0.1) is 15.6 Å². The number of nitro benzene ring substituents is 1. The van der Waals surface area contributed by atoms with Crippen LogP contribution in [-0.2, 0) is 6.42 Å². The van der Waals surface area contributed by atoms with Crippen molar-refractivity contribution in [2.75, 3.05) is 0 Å².